The van der Waals surface area contributed by atoms with Crippen LogP contribution in [-0.2, 0) is 18.4 Å². The predicted octanol–water partition coefficient (Wildman–Crippen LogP) is 3.83. The lowest BCUT2D eigenvalue weighted by atomic mass is 9.86. The van der Waals surface area contributed by atoms with E-state index in [2.05, 4.69) is 6.07 Å². The number of aryl methyl sites for hydroxylation is 1. The van der Waals surface area contributed by atoms with E-state index in [1.165, 1.54) is 11.6 Å². The van der Waals surface area contributed by atoms with Crippen molar-refractivity contribution in [3.05, 3.63) is 63.9 Å². The van der Waals surface area contributed by atoms with E-state index in [0.717, 1.165) is 29.7 Å². The van der Waals surface area contributed by atoms with E-state index >= 15 is 0 Å². The molecule has 4 heteroatoms. The van der Waals surface area contributed by atoms with Crippen LogP contribution >= 0.6 is 11.6 Å². The third kappa shape index (κ3) is 2.63. The van der Waals surface area contributed by atoms with Gasteiger partial charge >= 0.3 is 0 Å². The maximum Gasteiger partial charge on any atom is 0.141 e. The standard InChI is InChI=1S/C17H17ClFNO/c1-21-13-4-3-12-6-7-17(20,14(12)9-13)10-11-2-5-16(19)15(18)8-11/h2-5,8-9H,6-7,10,20H2,1H3. The van der Waals surface area contributed by atoms with Gasteiger partial charge in [0.05, 0.1) is 12.1 Å². The summed E-state index contributed by atoms with van der Waals surface area (Å²) in [4.78, 5) is 0. The first kappa shape index (κ1) is 14.4. The molecule has 0 aliphatic heterocycles. The van der Waals surface area contributed by atoms with E-state index in [-0.39, 0.29) is 5.02 Å². The number of hydrogen-bond donors (Lipinski definition) is 1. The fraction of sp³-hybridized carbons (Fsp3) is 0.294. The molecule has 1 aliphatic rings. The molecule has 0 saturated carbocycles. The number of rotatable bonds is 3. The lowest BCUT2D eigenvalue weighted by Gasteiger charge is -2.26. The SMILES string of the molecule is COc1ccc2c(c1)C(N)(Cc1ccc(F)c(Cl)c1)CC2. The van der Waals surface area contributed by atoms with Crippen LogP contribution in [0.2, 0.25) is 5.02 Å². The van der Waals surface area contributed by atoms with Crippen molar-refractivity contribution in [3.63, 3.8) is 0 Å². The molecule has 2 aromatic carbocycles. The van der Waals surface area contributed by atoms with E-state index in [4.69, 9.17) is 22.1 Å². The van der Waals surface area contributed by atoms with Crippen LogP contribution in [0.25, 0.3) is 0 Å². The van der Waals surface area contributed by atoms with Crippen LogP contribution in [0.5, 0.6) is 5.75 Å². The molecule has 0 saturated heterocycles. The highest BCUT2D eigenvalue weighted by Gasteiger charge is 2.35. The normalized spacial score (nSPS) is 20.4. The van der Waals surface area contributed by atoms with Gasteiger partial charge in [0.2, 0.25) is 0 Å². The van der Waals surface area contributed by atoms with Crippen LogP contribution in [-0.4, -0.2) is 7.11 Å². The molecule has 3 rings (SSSR count). The molecule has 2 nitrogen and oxygen atoms in total. The third-order valence-corrected chi connectivity index (χ3v) is 4.49. The third-order valence-electron chi connectivity index (χ3n) is 4.20. The number of nitrogens with two attached hydrogens (primary N) is 1. The van der Waals surface area contributed by atoms with Crippen molar-refractivity contribution in [2.45, 2.75) is 24.8 Å². The number of ether oxygens (including phenoxy) is 1. The van der Waals surface area contributed by atoms with Gasteiger partial charge in [0.25, 0.3) is 0 Å². The first-order chi connectivity index (χ1) is 10.0. The van der Waals surface area contributed by atoms with Gasteiger partial charge < -0.3 is 10.5 Å². The van der Waals surface area contributed by atoms with Gasteiger partial charge in [-0.05, 0) is 60.2 Å². The van der Waals surface area contributed by atoms with Crippen molar-refractivity contribution in [3.8, 4) is 5.75 Å². The van der Waals surface area contributed by atoms with E-state index in [1.807, 2.05) is 12.1 Å². The van der Waals surface area contributed by atoms with Gasteiger partial charge in [-0.3, -0.25) is 0 Å². The highest BCUT2D eigenvalue weighted by atomic mass is 35.5. The fourth-order valence-corrected chi connectivity index (χ4v) is 3.26. The van der Waals surface area contributed by atoms with Crippen molar-refractivity contribution in [1.29, 1.82) is 0 Å². The lowest BCUT2D eigenvalue weighted by Crippen LogP contribution is -2.36. The summed E-state index contributed by atoms with van der Waals surface area (Å²) in [6.07, 6.45) is 2.45. The molecule has 2 N–H and O–H groups in total. The summed E-state index contributed by atoms with van der Waals surface area (Å²) in [5.74, 6) is 0.405. The number of hydrogen-bond acceptors (Lipinski definition) is 2. The molecule has 0 heterocycles. The van der Waals surface area contributed by atoms with Crippen LogP contribution in [0.1, 0.15) is 23.1 Å². The molecule has 21 heavy (non-hydrogen) atoms. The van der Waals surface area contributed by atoms with E-state index < -0.39 is 11.4 Å². The van der Waals surface area contributed by atoms with Gasteiger partial charge in [-0.15, -0.1) is 0 Å². The number of methoxy groups -OCH3 is 1. The Morgan fingerprint density at radius 3 is 2.81 bits per heavy atom. The lowest BCUT2D eigenvalue weighted by molar-refractivity contribution is 0.407. The Labute approximate surface area is 128 Å². The van der Waals surface area contributed by atoms with E-state index in [9.17, 15) is 4.39 Å². The zero-order valence-electron chi connectivity index (χ0n) is 11.8. The highest BCUT2D eigenvalue weighted by molar-refractivity contribution is 6.30. The average Bonchev–Trinajstić information content (AvgIpc) is 2.80. The Morgan fingerprint density at radius 2 is 2.10 bits per heavy atom. The Balaban J connectivity index is 1.94. The molecule has 0 spiro atoms. The zero-order valence-corrected chi connectivity index (χ0v) is 12.6. The predicted molar refractivity (Wildman–Crippen MR) is 82.3 cm³/mol. The van der Waals surface area contributed by atoms with Crippen molar-refractivity contribution in [2.75, 3.05) is 7.11 Å². The second-order valence-electron chi connectivity index (χ2n) is 5.60. The molecule has 0 radical (unpaired) electrons. The minimum Gasteiger partial charge on any atom is -0.497 e. The van der Waals surface area contributed by atoms with Gasteiger partial charge in [0, 0.05) is 5.54 Å². The summed E-state index contributed by atoms with van der Waals surface area (Å²) in [6, 6.07) is 10.8. The van der Waals surface area contributed by atoms with Crippen LogP contribution < -0.4 is 10.5 Å². The molecule has 1 unspecified atom stereocenters. The monoisotopic (exact) mass is 305 g/mol. The fourth-order valence-electron chi connectivity index (χ4n) is 3.05. The van der Waals surface area contributed by atoms with Crippen LogP contribution in [0.15, 0.2) is 36.4 Å². The average molecular weight is 306 g/mol. The Kier molecular flexibility index (Phi) is 3.64. The highest BCUT2D eigenvalue weighted by Crippen LogP contribution is 2.39. The maximum absolute atomic E-state index is 13.3. The van der Waals surface area contributed by atoms with Crippen molar-refractivity contribution in [2.24, 2.45) is 5.73 Å². The van der Waals surface area contributed by atoms with Gasteiger partial charge in [0.1, 0.15) is 11.6 Å². The van der Waals surface area contributed by atoms with Gasteiger partial charge in [-0.1, -0.05) is 23.7 Å². The topological polar surface area (TPSA) is 35.2 Å². The molecular weight excluding hydrogens is 289 g/mol. The first-order valence-electron chi connectivity index (χ1n) is 6.92. The summed E-state index contributed by atoms with van der Waals surface area (Å²) in [6.45, 7) is 0. The van der Waals surface area contributed by atoms with Gasteiger partial charge in [-0.2, -0.15) is 0 Å². The van der Waals surface area contributed by atoms with Crippen molar-refractivity contribution in [1.82, 2.24) is 0 Å². The summed E-state index contributed by atoms with van der Waals surface area (Å²) in [5.41, 5.74) is 9.48. The van der Waals surface area contributed by atoms with Crippen LogP contribution in [0.4, 0.5) is 4.39 Å². The van der Waals surface area contributed by atoms with Crippen molar-refractivity contribution >= 4 is 11.6 Å². The first-order valence-corrected chi connectivity index (χ1v) is 7.30. The van der Waals surface area contributed by atoms with Crippen LogP contribution in [0.3, 0.4) is 0 Å². The molecule has 0 bridgehead atoms. The van der Waals surface area contributed by atoms with E-state index in [0.29, 0.717) is 6.42 Å². The van der Waals surface area contributed by atoms with Crippen molar-refractivity contribution < 1.29 is 9.13 Å². The quantitative estimate of drug-likeness (QED) is 0.935. The summed E-state index contributed by atoms with van der Waals surface area (Å²) >= 11 is 5.86. The summed E-state index contributed by atoms with van der Waals surface area (Å²) < 4.78 is 18.6. The molecule has 110 valence electrons. The van der Waals surface area contributed by atoms with E-state index in [1.54, 1.807) is 19.2 Å². The minimum absolute atomic E-state index is 0.139. The summed E-state index contributed by atoms with van der Waals surface area (Å²) in [5, 5.41) is 0.139. The molecule has 2 aromatic rings. The Hall–Kier alpha value is -1.58. The largest absolute Gasteiger partial charge is 0.497 e. The summed E-state index contributed by atoms with van der Waals surface area (Å²) in [7, 11) is 1.65. The Morgan fingerprint density at radius 1 is 1.29 bits per heavy atom. The van der Waals surface area contributed by atoms with Gasteiger partial charge in [0.15, 0.2) is 0 Å². The Bertz CT molecular complexity index is 688. The second-order valence-corrected chi connectivity index (χ2v) is 6.01. The minimum atomic E-state index is -0.453. The number of benzene rings is 2. The maximum atomic E-state index is 13.3. The smallest absolute Gasteiger partial charge is 0.141 e. The number of halogens is 2. The molecular formula is C17H17ClFNO. The second kappa shape index (κ2) is 5.32. The molecule has 0 aromatic heterocycles. The number of fused-ring (bicyclic) bond motifs is 1. The zero-order chi connectivity index (χ0) is 15.0. The molecule has 0 amide bonds. The molecule has 1 aliphatic carbocycles. The van der Waals surface area contributed by atoms with Crippen LogP contribution in [0, 0.1) is 5.82 Å². The molecule has 1 atom stereocenters. The van der Waals surface area contributed by atoms with Gasteiger partial charge in [-0.25, -0.2) is 4.39 Å². The molecule has 0 fully saturated rings.